The lowest BCUT2D eigenvalue weighted by molar-refractivity contribution is 0.299. The van der Waals surface area contributed by atoms with E-state index in [1.807, 2.05) is 60.7 Å². The van der Waals surface area contributed by atoms with Crippen molar-refractivity contribution >= 4 is 54.7 Å². The third-order valence-electron chi connectivity index (χ3n) is 7.95. The smallest absolute Gasteiger partial charge is 0.238 e. The molecule has 0 spiro atoms. The number of aromatic nitrogens is 2. The van der Waals surface area contributed by atoms with Crippen LogP contribution in [0.4, 0.5) is 23.3 Å². The summed E-state index contributed by atoms with van der Waals surface area (Å²) in [5.74, 6) is 0.540. The maximum atomic E-state index is 12.6. The molecule has 0 fully saturated rings. The summed E-state index contributed by atoms with van der Waals surface area (Å²) in [6.45, 7) is 2.88. The first kappa shape index (κ1) is 38.7. The molecule has 9 N–H and O–H groups in total. The highest BCUT2D eigenvalue weighted by molar-refractivity contribution is 7.89. The first-order chi connectivity index (χ1) is 25.3. The minimum atomic E-state index is -4.16. The zero-order valence-corrected chi connectivity index (χ0v) is 30.5. The largest absolute Gasteiger partial charge is 0.396 e. The molecule has 0 aliphatic heterocycles. The number of nitrogens with one attached hydrogen (secondary N) is 3. The summed E-state index contributed by atoms with van der Waals surface area (Å²) in [7, 11) is -8.33. The number of sulfonamides is 2. The Morgan fingerprint density at radius 2 is 1.09 bits per heavy atom. The second-order valence-corrected chi connectivity index (χ2v) is 14.9. The third-order valence-corrected chi connectivity index (χ3v) is 9.85. The van der Waals surface area contributed by atoms with Gasteiger partial charge in [-0.1, -0.05) is 72.8 Å². The van der Waals surface area contributed by atoms with E-state index in [0.29, 0.717) is 27.9 Å². The fourth-order valence-corrected chi connectivity index (χ4v) is 7.05. The van der Waals surface area contributed by atoms with E-state index < -0.39 is 20.0 Å². The number of aliphatic hydroxyl groups excluding tert-OH is 2. The number of rotatable bonds is 15. The summed E-state index contributed by atoms with van der Waals surface area (Å²) in [5.41, 5.74) is 9.91. The average Bonchev–Trinajstić information content (AvgIpc) is 3.13. The molecule has 17 heteroatoms. The van der Waals surface area contributed by atoms with Crippen LogP contribution < -0.4 is 26.4 Å². The van der Waals surface area contributed by atoms with E-state index in [-0.39, 0.29) is 76.0 Å². The number of hydrazone groups is 2. The third kappa shape index (κ3) is 9.86. The molecular formula is C36H39N9O6S2. The minimum absolute atomic E-state index is 0.138. The van der Waals surface area contributed by atoms with E-state index in [4.69, 9.17) is 20.2 Å². The van der Waals surface area contributed by atoms with Crippen molar-refractivity contribution in [3.63, 3.8) is 0 Å². The molecule has 53 heavy (non-hydrogen) atoms. The first-order valence-corrected chi connectivity index (χ1v) is 19.3. The highest BCUT2D eigenvalue weighted by Gasteiger charge is 2.21. The van der Waals surface area contributed by atoms with E-state index >= 15 is 0 Å². The lowest BCUT2D eigenvalue weighted by Crippen LogP contribution is -2.17. The molecule has 5 rings (SSSR count). The first-order valence-electron chi connectivity index (χ1n) is 16.2. The van der Waals surface area contributed by atoms with Crippen LogP contribution in [0.5, 0.6) is 0 Å². The van der Waals surface area contributed by atoms with Crippen LogP contribution in [0.25, 0.3) is 11.1 Å². The van der Waals surface area contributed by atoms with Gasteiger partial charge in [0.05, 0.1) is 26.8 Å². The second kappa shape index (κ2) is 16.8. The van der Waals surface area contributed by atoms with Crippen LogP contribution >= 0.6 is 0 Å². The van der Waals surface area contributed by atoms with Crippen LogP contribution in [0.3, 0.4) is 0 Å². The summed E-state index contributed by atoms with van der Waals surface area (Å²) in [4.78, 5) is 9.14. The fourth-order valence-electron chi connectivity index (χ4n) is 5.37. The van der Waals surface area contributed by atoms with Gasteiger partial charge in [0.15, 0.2) is 11.6 Å². The summed E-state index contributed by atoms with van der Waals surface area (Å²) >= 11 is 0. The summed E-state index contributed by atoms with van der Waals surface area (Å²) in [6.07, 6.45) is 0.484. The Labute approximate surface area is 307 Å². The average molecular weight is 758 g/mol. The van der Waals surface area contributed by atoms with Gasteiger partial charge in [0, 0.05) is 30.0 Å². The number of para-hydroxylation sites is 1. The number of primary sulfonamides is 2. The van der Waals surface area contributed by atoms with E-state index in [2.05, 4.69) is 26.4 Å². The molecule has 5 aromatic rings. The topological polar surface area (TPSA) is 247 Å². The van der Waals surface area contributed by atoms with Crippen molar-refractivity contribution in [1.82, 2.24) is 9.97 Å². The standard InChI is InChI=1S/C36H39N9O6S2/c1-23(29-15-13-25(17-19-46)21-31(29)52(37,48)49)42-44-34-33(27-9-5-3-6-10-27)35(41-36(40-34)39-28-11-7-4-8-12-28)45-43-24(2)30-16-14-26(18-20-47)22-32(30)53(38,50)51/h3-16,21-22,46-47H,17-20H2,1-2H3,(H2,37,48,49)(H2,38,50,51)(H3,39,40,41,44,45). The Balaban J connectivity index is 1.65. The van der Waals surface area contributed by atoms with Gasteiger partial charge in [-0.25, -0.2) is 27.1 Å². The molecule has 276 valence electrons. The Hall–Kier alpha value is -5.56. The summed E-state index contributed by atoms with van der Waals surface area (Å²) in [5, 5.41) is 42.1. The second-order valence-electron chi connectivity index (χ2n) is 11.8. The molecule has 0 saturated carbocycles. The number of hydrogen-bond donors (Lipinski definition) is 7. The molecular weight excluding hydrogens is 719 g/mol. The van der Waals surface area contributed by atoms with E-state index in [1.165, 1.54) is 12.1 Å². The van der Waals surface area contributed by atoms with Gasteiger partial charge in [0.1, 0.15) is 0 Å². The van der Waals surface area contributed by atoms with Crippen molar-refractivity contribution in [3.8, 4) is 11.1 Å². The molecule has 4 aromatic carbocycles. The number of nitrogens with two attached hydrogens (primary N) is 2. The number of benzene rings is 4. The number of nitrogens with zero attached hydrogens (tertiary/aromatic N) is 4. The highest BCUT2D eigenvalue weighted by atomic mass is 32.2. The summed E-state index contributed by atoms with van der Waals surface area (Å²) < 4.78 is 50.3. The van der Waals surface area contributed by atoms with Crippen molar-refractivity contribution in [2.75, 3.05) is 29.4 Å². The molecule has 0 saturated heterocycles. The quantitative estimate of drug-likeness (QED) is 0.0596. The van der Waals surface area contributed by atoms with E-state index in [1.54, 1.807) is 38.1 Å². The van der Waals surface area contributed by atoms with Gasteiger partial charge in [-0.3, -0.25) is 10.9 Å². The molecule has 0 atom stereocenters. The molecule has 1 aromatic heterocycles. The molecule has 0 bridgehead atoms. The zero-order valence-electron chi connectivity index (χ0n) is 28.9. The normalized spacial score (nSPS) is 12.4. The van der Waals surface area contributed by atoms with Crippen molar-refractivity contribution < 1.29 is 27.0 Å². The van der Waals surface area contributed by atoms with Crippen LogP contribution in [0.15, 0.2) is 117 Å². The molecule has 0 radical (unpaired) electrons. The Bertz CT molecular complexity index is 2250. The van der Waals surface area contributed by atoms with Crippen molar-refractivity contribution in [2.24, 2.45) is 20.5 Å². The molecule has 0 amide bonds. The highest BCUT2D eigenvalue weighted by Crippen LogP contribution is 2.35. The Morgan fingerprint density at radius 1 is 0.660 bits per heavy atom. The maximum Gasteiger partial charge on any atom is 0.238 e. The van der Waals surface area contributed by atoms with Gasteiger partial charge in [-0.05, 0) is 67.6 Å². The van der Waals surface area contributed by atoms with Crippen LogP contribution in [-0.4, -0.2) is 61.7 Å². The van der Waals surface area contributed by atoms with Gasteiger partial charge < -0.3 is 15.5 Å². The fraction of sp³-hybridized carbons (Fsp3) is 0.167. The molecule has 15 nitrogen and oxygen atoms in total. The zero-order chi connectivity index (χ0) is 38.2. The Morgan fingerprint density at radius 3 is 1.51 bits per heavy atom. The van der Waals surface area contributed by atoms with Crippen LogP contribution in [0.1, 0.15) is 36.1 Å². The maximum absolute atomic E-state index is 12.6. The predicted molar refractivity (Wildman–Crippen MR) is 206 cm³/mol. The van der Waals surface area contributed by atoms with Gasteiger partial charge in [0.25, 0.3) is 0 Å². The number of hydrogen-bond acceptors (Lipinski definition) is 13. The van der Waals surface area contributed by atoms with Gasteiger partial charge >= 0.3 is 0 Å². The molecule has 0 aliphatic rings. The SMILES string of the molecule is CC(=NNc1nc(Nc2ccccc2)nc(NN=C(C)c2ccc(CCO)cc2S(N)(=O)=O)c1-c1ccccc1)c1ccc(CCO)cc1S(N)(=O)=O. The number of anilines is 4. The monoisotopic (exact) mass is 757 g/mol. The van der Waals surface area contributed by atoms with Crippen molar-refractivity contribution in [1.29, 1.82) is 0 Å². The van der Waals surface area contributed by atoms with E-state index in [9.17, 15) is 27.0 Å². The predicted octanol–water partition coefficient (Wildman–Crippen LogP) is 3.92. The van der Waals surface area contributed by atoms with Crippen LogP contribution in [-0.2, 0) is 32.9 Å². The van der Waals surface area contributed by atoms with E-state index in [0.717, 1.165) is 0 Å². The van der Waals surface area contributed by atoms with Gasteiger partial charge in [0.2, 0.25) is 26.0 Å². The molecule has 0 unspecified atom stereocenters. The van der Waals surface area contributed by atoms with Crippen molar-refractivity contribution in [2.45, 2.75) is 36.5 Å². The minimum Gasteiger partial charge on any atom is -0.396 e. The Kier molecular flexibility index (Phi) is 12.3. The van der Waals surface area contributed by atoms with Crippen molar-refractivity contribution in [3.05, 3.63) is 119 Å². The van der Waals surface area contributed by atoms with Crippen LogP contribution in [0.2, 0.25) is 0 Å². The van der Waals surface area contributed by atoms with Gasteiger partial charge in [-0.15, -0.1) is 0 Å². The summed E-state index contributed by atoms with van der Waals surface area (Å²) in [6, 6.07) is 27.6. The number of aliphatic hydroxyl groups is 2. The molecule has 0 aliphatic carbocycles. The van der Waals surface area contributed by atoms with Crippen LogP contribution in [0, 0.1) is 0 Å². The molecule has 1 heterocycles. The lowest BCUT2D eigenvalue weighted by atomic mass is 10.1. The van der Waals surface area contributed by atoms with Gasteiger partial charge in [-0.2, -0.15) is 20.2 Å². The lowest BCUT2D eigenvalue weighted by Gasteiger charge is -2.17.